The Morgan fingerprint density at radius 1 is 1.11 bits per heavy atom. The number of hydrogen-bond acceptors (Lipinski definition) is 6. The average molecular weight is 640 g/mol. The Kier molecular flexibility index (Phi) is 9.27. The zero-order valence-electron chi connectivity index (χ0n) is 24.8. The highest BCUT2D eigenvalue weighted by Gasteiger charge is 2.53. The number of thiophene rings is 1. The van der Waals surface area contributed by atoms with Gasteiger partial charge in [0.15, 0.2) is 0 Å². The van der Waals surface area contributed by atoms with E-state index >= 15 is 4.39 Å². The van der Waals surface area contributed by atoms with Gasteiger partial charge in [0.25, 0.3) is 5.85 Å². The monoisotopic (exact) mass is 639 g/mol. The molecule has 1 aromatic heterocycles. The fourth-order valence-corrected chi connectivity index (χ4v) is 7.23. The van der Waals surface area contributed by atoms with E-state index in [1.165, 1.54) is 34.3 Å². The summed E-state index contributed by atoms with van der Waals surface area (Å²) in [6, 6.07) is 16.4. The zero-order chi connectivity index (χ0) is 31.6. The number of alkyl halides is 2. The smallest absolute Gasteiger partial charge is 0.407 e. The van der Waals surface area contributed by atoms with E-state index in [0.717, 1.165) is 10.1 Å². The van der Waals surface area contributed by atoms with Crippen molar-refractivity contribution in [2.75, 3.05) is 32.6 Å². The lowest BCUT2D eigenvalue weighted by molar-refractivity contribution is -0.107. The highest BCUT2D eigenvalue weighted by Crippen LogP contribution is 2.47. The predicted octanol–water partition coefficient (Wildman–Crippen LogP) is 6.50. The maximum atomic E-state index is 16.8. The lowest BCUT2D eigenvalue weighted by atomic mass is 9.80. The van der Waals surface area contributed by atoms with Crippen LogP contribution in [0, 0.1) is 0 Å². The Morgan fingerprint density at radius 2 is 1.80 bits per heavy atom. The number of ether oxygens (including phenoxy) is 1. The van der Waals surface area contributed by atoms with E-state index in [1.807, 2.05) is 24.3 Å². The zero-order valence-corrected chi connectivity index (χ0v) is 26.3. The van der Waals surface area contributed by atoms with Crippen molar-refractivity contribution in [1.29, 1.82) is 0 Å². The lowest BCUT2D eigenvalue weighted by Crippen LogP contribution is -2.55. The first-order valence-corrected chi connectivity index (χ1v) is 15.6. The normalized spacial score (nSPS) is 25.2. The third kappa shape index (κ3) is 6.17. The van der Waals surface area contributed by atoms with Crippen molar-refractivity contribution >= 4 is 62.6 Å². The standard InChI is InChI=1S/C33H35ClFN3O5S/c1-37(20-39)24-12-8-21(9-13-24)26-17-32(34,19-36-23-10-14-25(15-11-23)38(2)31(41)42)33(35,43-3)18-27(26)30(40)29-16-22-6-4-5-7-28(22)44-29/h4-9,12-13,16-18,20,23,25,36H,10-11,14-15,19H2,1-3H3,(H,41,42). The second-order valence-corrected chi connectivity index (χ2v) is 13.1. The van der Waals surface area contributed by atoms with Crippen LogP contribution in [-0.2, 0) is 9.53 Å². The number of methoxy groups -OCH3 is 1. The van der Waals surface area contributed by atoms with Crippen LogP contribution in [0.3, 0.4) is 0 Å². The summed E-state index contributed by atoms with van der Waals surface area (Å²) in [6.45, 7) is -0.000675. The molecule has 1 heterocycles. The topological polar surface area (TPSA) is 99.2 Å². The highest BCUT2D eigenvalue weighted by atomic mass is 35.5. The third-order valence-corrected chi connectivity index (χ3v) is 10.3. The predicted molar refractivity (Wildman–Crippen MR) is 172 cm³/mol. The first kappa shape index (κ1) is 31.8. The molecule has 3 aromatic rings. The van der Waals surface area contributed by atoms with Crippen molar-refractivity contribution in [2.24, 2.45) is 0 Å². The van der Waals surface area contributed by atoms with Gasteiger partial charge in [-0.05, 0) is 78.6 Å². The van der Waals surface area contributed by atoms with E-state index < -0.39 is 16.8 Å². The molecule has 2 aromatic carbocycles. The van der Waals surface area contributed by atoms with Crippen molar-refractivity contribution in [1.82, 2.24) is 10.2 Å². The molecule has 0 saturated heterocycles. The number of nitrogens with one attached hydrogen (secondary N) is 1. The van der Waals surface area contributed by atoms with Crippen LogP contribution >= 0.6 is 22.9 Å². The number of allylic oxidation sites excluding steroid dienone is 2. The molecule has 232 valence electrons. The molecule has 2 unspecified atom stereocenters. The molecule has 0 bridgehead atoms. The van der Waals surface area contributed by atoms with Gasteiger partial charge >= 0.3 is 6.09 Å². The molecule has 2 atom stereocenters. The van der Waals surface area contributed by atoms with Gasteiger partial charge in [0.1, 0.15) is 4.87 Å². The fourth-order valence-electron chi connectivity index (χ4n) is 5.89. The molecule has 0 spiro atoms. The number of halogens is 2. The van der Waals surface area contributed by atoms with E-state index in [2.05, 4.69) is 5.32 Å². The largest absolute Gasteiger partial charge is 0.465 e. The number of amides is 2. The molecule has 44 heavy (non-hydrogen) atoms. The van der Waals surface area contributed by atoms with E-state index in [4.69, 9.17) is 16.3 Å². The van der Waals surface area contributed by atoms with Crippen LogP contribution in [0.15, 0.2) is 72.3 Å². The Balaban J connectivity index is 1.48. The molecule has 1 saturated carbocycles. The number of carbonyl (C=O) groups excluding carboxylic acids is 2. The fraction of sp³-hybridized carbons (Fsp3) is 0.364. The number of anilines is 1. The molecule has 0 radical (unpaired) electrons. The van der Waals surface area contributed by atoms with E-state index in [9.17, 15) is 19.5 Å². The maximum Gasteiger partial charge on any atom is 0.407 e. The van der Waals surface area contributed by atoms with Crippen molar-refractivity contribution in [3.8, 4) is 0 Å². The van der Waals surface area contributed by atoms with Gasteiger partial charge in [-0.25, -0.2) is 9.18 Å². The van der Waals surface area contributed by atoms with Gasteiger partial charge in [0.05, 0.1) is 4.88 Å². The minimum atomic E-state index is -2.52. The summed E-state index contributed by atoms with van der Waals surface area (Å²) >= 11 is 8.45. The number of carboxylic acid groups (broad SMARTS) is 1. The van der Waals surface area contributed by atoms with Crippen molar-refractivity contribution in [3.63, 3.8) is 0 Å². The first-order chi connectivity index (χ1) is 21.0. The van der Waals surface area contributed by atoms with Gasteiger partial charge in [0, 0.05) is 55.8 Å². The molecular formula is C33H35ClFN3O5S. The molecule has 11 heteroatoms. The Labute approximate surface area is 264 Å². The van der Waals surface area contributed by atoms with Gasteiger partial charge in [-0.1, -0.05) is 30.3 Å². The third-order valence-electron chi connectivity index (χ3n) is 8.69. The van der Waals surface area contributed by atoms with Crippen molar-refractivity contribution in [3.05, 3.63) is 82.8 Å². The van der Waals surface area contributed by atoms with Crippen LogP contribution in [0.25, 0.3) is 15.7 Å². The van der Waals surface area contributed by atoms with Crippen LogP contribution in [0.2, 0.25) is 0 Å². The molecule has 2 aliphatic rings. The van der Waals surface area contributed by atoms with Crippen LogP contribution < -0.4 is 10.2 Å². The number of hydrogen-bond donors (Lipinski definition) is 2. The van der Waals surface area contributed by atoms with Gasteiger partial charge < -0.3 is 25.0 Å². The Bertz CT molecular complexity index is 1580. The second-order valence-electron chi connectivity index (χ2n) is 11.3. The maximum absolute atomic E-state index is 16.8. The summed E-state index contributed by atoms with van der Waals surface area (Å²) in [4.78, 5) is 38.2. The summed E-state index contributed by atoms with van der Waals surface area (Å²) in [7, 11) is 4.44. The Morgan fingerprint density at radius 3 is 2.41 bits per heavy atom. The number of Topliss-reactive ketones (excluding diaryl/α,β-unsaturated/α-hetero) is 1. The minimum Gasteiger partial charge on any atom is -0.465 e. The quantitative estimate of drug-likeness (QED) is 0.149. The van der Waals surface area contributed by atoms with E-state index in [1.54, 1.807) is 50.5 Å². The van der Waals surface area contributed by atoms with Gasteiger partial charge in [-0.3, -0.25) is 9.59 Å². The lowest BCUT2D eigenvalue weighted by Gasteiger charge is -2.41. The molecule has 0 aliphatic heterocycles. The van der Waals surface area contributed by atoms with E-state index in [-0.39, 0.29) is 30.0 Å². The van der Waals surface area contributed by atoms with Gasteiger partial charge in [-0.2, -0.15) is 0 Å². The first-order valence-electron chi connectivity index (χ1n) is 14.4. The van der Waals surface area contributed by atoms with Crippen LogP contribution in [-0.4, -0.2) is 78.9 Å². The van der Waals surface area contributed by atoms with Gasteiger partial charge in [0.2, 0.25) is 12.2 Å². The molecule has 2 aliphatic carbocycles. The molecule has 1 fully saturated rings. The number of rotatable bonds is 10. The molecule has 2 N–H and O–H groups in total. The van der Waals surface area contributed by atoms with Crippen molar-refractivity contribution in [2.45, 2.75) is 48.5 Å². The Hall–Kier alpha value is -3.57. The minimum absolute atomic E-state index is 0.000675. The number of fused-ring (bicyclic) bond motifs is 1. The summed E-state index contributed by atoms with van der Waals surface area (Å²) in [6.07, 6.45) is 5.26. The van der Waals surface area contributed by atoms with Crippen LogP contribution in [0.4, 0.5) is 14.9 Å². The number of carbonyl (C=O) groups is 3. The number of ketones is 1. The molecule has 8 nitrogen and oxygen atoms in total. The molecule has 5 rings (SSSR count). The number of nitrogens with zero attached hydrogens (tertiary/aromatic N) is 2. The molecule has 2 amide bonds. The average Bonchev–Trinajstić information content (AvgIpc) is 3.49. The summed E-state index contributed by atoms with van der Waals surface area (Å²) < 4.78 is 23.2. The molecular weight excluding hydrogens is 605 g/mol. The summed E-state index contributed by atoms with van der Waals surface area (Å²) in [5.74, 6) is -2.87. The van der Waals surface area contributed by atoms with E-state index in [0.29, 0.717) is 53.8 Å². The highest BCUT2D eigenvalue weighted by molar-refractivity contribution is 7.21. The summed E-state index contributed by atoms with van der Waals surface area (Å²) in [5.41, 5.74) is 1.88. The van der Waals surface area contributed by atoms with Crippen LogP contribution in [0.5, 0.6) is 0 Å². The second kappa shape index (κ2) is 12.8. The SMILES string of the molecule is COC1(F)C=C(C(=O)c2cc3ccccc3s2)C(c2ccc(N(C)C=O)cc2)=CC1(Cl)CNC1CCC(N(C)C(=O)O)CC1. The number of benzene rings is 2. The van der Waals surface area contributed by atoms with Gasteiger partial charge in [-0.15, -0.1) is 22.9 Å². The van der Waals surface area contributed by atoms with Crippen molar-refractivity contribution < 1.29 is 28.6 Å². The summed E-state index contributed by atoms with van der Waals surface area (Å²) in [5, 5.41) is 13.6. The van der Waals surface area contributed by atoms with Crippen LogP contribution in [0.1, 0.15) is 40.9 Å².